The van der Waals surface area contributed by atoms with Gasteiger partial charge < -0.3 is 14.2 Å². The standard InChI is InChI=1S/C24H19FN2O4/c25-22-15-18(6-10-23(22)31-21-3-1-12-27-17-21)7-11-24(28)30-14-2-13-29-20-8-4-19(16-26)5-9-20/h1,3-12,15,17H,2,13-14H2/b11-7+. The van der Waals surface area contributed by atoms with E-state index in [2.05, 4.69) is 4.98 Å². The Kier molecular flexibility index (Phi) is 7.72. The van der Waals surface area contributed by atoms with E-state index in [-0.39, 0.29) is 12.4 Å². The quantitative estimate of drug-likeness (QED) is 0.279. The minimum Gasteiger partial charge on any atom is -0.493 e. The van der Waals surface area contributed by atoms with Gasteiger partial charge in [0.25, 0.3) is 0 Å². The first-order valence-electron chi connectivity index (χ1n) is 9.49. The number of esters is 1. The molecule has 0 aliphatic carbocycles. The largest absolute Gasteiger partial charge is 0.493 e. The third kappa shape index (κ3) is 6.98. The minimum absolute atomic E-state index is 0.0648. The lowest BCUT2D eigenvalue weighted by molar-refractivity contribution is -0.137. The van der Waals surface area contributed by atoms with Crippen molar-refractivity contribution in [1.82, 2.24) is 4.98 Å². The average Bonchev–Trinajstić information content (AvgIpc) is 2.80. The van der Waals surface area contributed by atoms with Crippen LogP contribution in [0.25, 0.3) is 6.08 Å². The van der Waals surface area contributed by atoms with Crippen molar-refractivity contribution in [2.75, 3.05) is 13.2 Å². The number of nitriles is 1. The topological polar surface area (TPSA) is 81.4 Å². The second-order valence-corrected chi connectivity index (χ2v) is 6.32. The molecule has 3 rings (SSSR count). The van der Waals surface area contributed by atoms with E-state index in [9.17, 15) is 9.18 Å². The molecule has 31 heavy (non-hydrogen) atoms. The number of nitrogens with zero attached hydrogens (tertiary/aromatic N) is 2. The van der Waals surface area contributed by atoms with Crippen molar-refractivity contribution in [3.05, 3.63) is 90.0 Å². The van der Waals surface area contributed by atoms with Crippen molar-refractivity contribution in [2.45, 2.75) is 6.42 Å². The fourth-order valence-corrected chi connectivity index (χ4v) is 2.50. The summed E-state index contributed by atoms with van der Waals surface area (Å²) in [5.74, 6) is 0.0448. The normalized spacial score (nSPS) is 10.5. The van der Waals surface area contributed by atoms with Crippen LogP contribution in [0.5, 0.6) is 17.2 Å². The molecule has 0 atom stereocenters. The summed E-state index contributed by atoms with van der Waals surface area (Å²) in [5, 5.41) is 8.75. The van der Waals surface area contributed by atoms with Crippen molar-refractivity contribution in [2.24, 2.45) is 0 Å². The summed E-state index contributed by atoms with van der Waals surface area (Å²) in [6.45, 7) is 0.554. The number of hydrogen-bond acceptors (Lipinski definition) is 6. The maximum absolute atomic E-state index is 14.2. The molecule has 3 aromatic rings. The summed E-state index contributed by atoms with van der Waals surface area (Å²) in [7, 11) is 0. The highest BCUT2D eigenvalue weighted by molar-refractivity contribution is 5.87. The van der Waals surface area contributed by atoms with E-state index in [0.29, 0.717) is 35.7 Å². The fourth-order valence-electron chi connectivity index (χ4n) is 2.50. The summed E-state index contributed by atoms with van der Waals surface area (Å²) >= 11 is 0. The number of halogens is 1. The summed E-state index contributed by atoms with van der Waals surface area (Å²) in [6, 6.07) is 16.5. The van der Waals surface area contributed by atoms with Crippen LogP contribution in [0.15, 0.2) is 73.1 Å². The van der Waals surface area contributed by atoms with Crippen LogP contribution in [0.3, 0.4) is 0 Å². The van der Waals surface area contributed by atoms with E-state index in [1.807, 2.05) is 6.07 Å². The molecule has 0 fully saturated rings. The van der Waals surface area contributed by atoms with Gasteiger partial charge in [0.05, 0.1) is 31.0 Å². The van der Waals surface area contributed by atoms with Gasteiger partial charge in [-0.3, -0.25) is 4.98 Å². The predicted octanol–water partition coefficient (Wildman–Crippen LogP) is 4.91. The van der Waals surface area contributed by atoms with E-state index in [4.69, 9.17) is 19.5 Å². The van der Waals surface area contributed by atoms with Gasteiger partial charge in [-0.15, -0.1) is 0 Å². The Hall–Kier alpha value is -4.18. The second kappa shape index (κ2) is 11.1. The Bertz CT molecular complexity index is 1080. The summed E-state index contributed by atoms with van der Waals surface area (Å²) in [4.78, 5) is 15.7. The first-order chi connectivity index (χ1) is 15.1. The maximum Gasteiger partial charge on any atom is 0.330 e. The Balaban J connectivity index is 1.40. The monoisotopic (exact) mass is 418 g/mol. The summed E-state index contributed by atoms with van der Waals surface area (Å²) in [6.07, 6.45) is 6.29. The SMILES string of the molecule is N#Cc1ccc(OCCCOC(=O)/C=C/c2ccc(Oc3cccnc3)c(F)c2)cc1. The van der Waals surface area contributed by atoms with Crippen molar-refractivity contribution in [3.63, 3.8) is 0 Å². The maximum atomic E-state index is 14.2. The number of hydrogen-bond donors (Lipinski definition) is 0. The number of rotatable bonds is 9. The van der Waals surface area contributed by atoms with Crippen LogP contribution >= 0.6 is 0 Å². The van der Waals surface area contributed by atoms with Crippen LogP contribution in [0.1, 0.15) is 17.5 Å². The van der Waals surface area contributed by atoms with Gasteiger partial charge >= 0.3 is 5.97 Å². The lowest BCUT2D eigenvalue weighted by Crippen LogP contribution is -2.06. The van der Waals surface area contributed by atoms with E-state index in [1.165, 1.54) is 30.5 Å². The van der Waals surface area contributed by atoms with E-state index in [0.717, 1.165) is 0 Å². The van der Waals surface area contributed by atoms with Gasteiger partial charge in [-0.2, -0.15) is 5.26 Å². The molecule has 0 unspecified atom stereocenters. The Morgan fingerprint density at radius 2 is 1.94 bits per heavy atom. The average molecular weight is 418 g/mol. The second-order valence-electron chi connectivity index (χ2n) is 6.32. The molecule has 2 aromatic carbocycles. The van der Waals surface area contributed by atoms with Crippen molar-refractivity contribution < 1.29 is 23.4 Å². The zero-order valence-electron chi connectivity index (χ0n) is 16.5. The number of benzene rings is 2. The predicted molar refractivity (Wildman–Crippen MR) is 112 cm³/mol. The molecule has 0 radical (unpaired) electrons. The van der Waals surface area contributed by atoms with Gasteiger partial charge in [0.15, 0.2) is 11.6 Å². The molecule has 0 saturated carbocycles. The van der Waals surface area contributed by atoms with Crippen LogP contribution < -0.4 is 9.47 Å². The Labute approximate surface area is 179 Å². The van der Waals surface area contributed by atoms with E-state index in [1.54, 1.807) is 48.7 Å². The van der Waals surface area contributed by atoms with Crippen molar-refractivity contribution in [1.29, 1.82) is 5.26 Å². The van der Waals surface area contributed by atoms with Crippen LogP contribution in [0.2, 0.25) is 0 Å². The molecule has 0 bridgehead atoms. The molecule has 1 aromatic heterocycles. The fraction of sp³-hybridized carbons (Fsp3) is 0.125. The third-order valence-electron chi connectivity index (χ3n) is 4.02. The number of carbonyl (C=O) groups is 1. The number of aromatic nitrogens is 1. The Morgan fingerprint density at radius 1 is 1.10 bits per heavy atom. The minimum atomic E-state index is -0.556. The molecule has 0 saturated heterocycles. The van der Waals surface area contributed by atoms with E-state index < -0.39 is 11.8 Å². The van der Waals surface area contributed by atoms with Gasteiger partial charge in [-0.05, 0) is 60.2 Å². The molecule has 0 spiro atoms. The van der Waals surface area contributed by atoms with Gasteiger partial charge in [0.1, 0.15) is 11.5 Å². The van der Waals surface area contributed by atoms with Crippen LogP contribution in [-0.4, -0.2) is 24.2 Å². The van der Waals surface area contributed by atoms with Gasteiger partial charge in [0.2, 0.25) is 0 Å². The molecule has 0 aliphatic rings. The van der Waals surface area contributed by atoms with E-state index >= 15 is 0 Å². The van der Waals surface area contributed by atoms with Crippen LogP contribution in [0.4, 0.5) is 4.39 Å². The molecule has 7 heteroatoms. The highest BCUT2D eigenvalue weighted by Gasteiger charge is 2.06. The molecule has 156 valence electrons. The zero-order chi connectivity index (χ0) is 21.9. The molecule has 1 heterocycles. The lowest BCUT2D eigenvalue weighted by Gasteiger charge is -2.07. The smallest absolute Gasteiger partial charge is 0.330 e. The summed E-state index contributed by atoms with van der Waals surface area (Å²) < 4.78 is 30.2. The molecule has 0 N–H and O–H groups in total. The van der Waals surface area contributed by atoms with Gasteiger partial charge in [0, 0.05) is 18.7 Å². The molecular weight excluding hydrogens is 399 g/mol. The van der Waals surface area contributed by atoms with Gasteiger partial charge in [-0.25, -0.2) is 9.18 Å². The number of carbonyl (C=O) groups excluding carboxylic acids is 1. The first-order valence-corrected chi connectivity index (χ1v) is 9.49. The first kappa shape index (κ1) is 21.5. The van der Waals surface area contributed by atoms with Crippen LogP contribution in [-0.2, 0) is 9.53 Å². The molecule has 0 aliphatic heterocycles. The zero-order valence-corrected chi connectivity index (χ0v) is 16.5. The molecule has 0 amide bonds. The summed E-state index contributed by atoms with van der Waals surface area (Å²) in [5.41, 5.74) is 1.06. The highest BCUT2D eigenvalue weighted by Crippen LogP contribution is 2.24. The molecule has 6 nitrogen and oxygen atoms in total. The highest BCUT2D eigenvalue weighted by atomic mass is 19.1. The molecular formula is C24H19FN2O4. The third-order valence-corrected chi connectivity index (χ3v) is 4.02. The van der Waals surface area contributed by atoms with Crippen molar-refractivity contribution in [3.8, 4) is 23.3 Å². The number of pyridine rings is 1. The lowest BCUT2D eigenvalue weighted by atomic mass is 10.2. The number of ether oxygens (including phenoxy) is 3. The Morgan fingerprint density at radius 3 is 2.65 bits per heavy atom. The van der Waals surface area contributed by atoms with Gasteiger partial charge in [-0.1, -0.05) is 6.07 Å². The van der Waals surface area contributed by atoms with Crippen LogP contribution in [0, 0.1) is 17.1 Å². The van der Waals surface area contributed by atoms with Crippen molar-refractivity contribution >= 4 is 12.0 Å².